The van der Waals surface area contributed by atoms with Crippen molar-refractivity contribution in [2.45, 2.75) is 31.8 Å². The second kappa shape index (κ2) is 5.72. The molecule has 5 heteroatoms. The maximum absolute atomic E-state index is 12.8. The first-order valence-electron chi connectivity index (χ1n) is 5.78. The summed E-state index contributed by atoms with van der Waals surface area (Å²) in [5.41, 5.74) is 0. The number of hydrogen-bond donors (Lipinski definition) is 1. The molecule has 0 saturated carbocycles. The molecule has 0 bridgehead atoms. The highest BCUT2D eigenvalue weighted by Crippen LogP contribution is 2.16. The molecule has 1 fully saturated rings. The number of nitrogens with one attached hydrogen (secondary N) is 1. The third-order valence-corrected chi connectivity index (χ3v) is 2.67. The zero-order valence-electron chi connectivity index (χ0n) is 9.49. The Morgan fingerprint density at radius 2 is 2.41 bits per heavy atom. The predicted octanol–water partition coefficient (Wildman–Crippen LogP) is 2.12. The Morgan fingerprint density at radius 1 is 1.53 bits per heavy atom. The van der Waals surface area contributed by atoms with Crippen LogP contribution in [-0.4, -0.2) is 23.6 Å². The van der Waals surface area contributed by atoms with Crippen molar-refractivity contribution in [1.82, 2.24) is 4.98 Å². The molecule has 0 radical (unpaired) electrons. The molecule has 1 unspecified atom stereocenters. The van der Waals surface area contributed by atoms with E-state index in [1.807, 2.05) is 0 Å². The topological polar surface area (TPSA) is 51.2 Å². The molecular formula is C12H15FN2O2. The van der Waals surface area contributed by atoms with Gasteiger partial charge >= 0.3 is 0 Å². The lowest BCUT2D eigenvalue weighted by atomic mass is 10.1. The Bertz CT molecular complexity index is 392. The maximum Gasteiger partial charge on any atom is 0.228 e. The van der Waals surface area contributed by atoms with E-state index in [4.69, 9.17) is 4.74 Å². The summed E-state index contributed by atoms with van der Waals surface area (Å²) in [4.78, 5) is 15.2. The number of halogens is 1. The number of nitrogens with zero attached hydrogens (tertiary/aromatic N) is 1. The fourth-order valence-corrected chi connectivity index (χ4v) is 1.85. The number of pyridine rings is 1. The van der Waals surface area contributed by atoms with E-state index in [0.717, 1.165) is 25.9 Å². The van der Waals surface area contributed by atoms with Gasteiger partial charge in [0.2, 0.25) is 11.9 Å². The van der Waals surface area contributed by atoms with E-state index in [1.165, 1.54) is 12.1 Å². The molecule has 1 aromatic heterocycles. The van der Waals surface area contributed by atoms with Crippen LogP contribution >= 0.6 is 0 Å². The molecule has 1 atom stereocenters. The summed E-state index contributed by atoms with van der Waals surface area (Å²) >= 11 is 0. The number of ether oxygens (including phenoxy) is 1. The fraction of sp³-hybridized carbons (Fsp3) is 0.500. The monoisotopic (exact) mass is 238 g/mol. The van der Waals surface area contributed by atoms with Gasteiger partial charge in [0.25, 0.3) is 0 Å². The molecular weight excluding hydrogens is 223 g/mol. The molecule has 1 N–H and O–H groups in total. The van der Waals surface area contributed by atoms with Crippen LogP contribution in [-0.2, 0) is 9.53 Å². The minimum Gasteiger partial charge on any atom is -0.378 e. The number of carbonyl (C=O) groups is 1. The number of amides is 1. The van der Waals surface area contributed by atoms with E-state index < -0.39 is 5.95 Å². The molecule has 0 spiro atoms. The van der Waals surface area contributed by atoms with Crippen LogP contribution in [0.5, 0.6) is 0 Å². The molecule has 1 aliphatic rings. The van der Waals surface area contributed by atoms with Gasteiger partial charge in [-0.2, -0.15) is 4.39 Å². The van der Waals surface area contributed by atoms with E-state index in [-0.39, 0.29) is 17.8 Å². The number of carbonyl (C=O) groups excluding carboxylic acids is 1. The maximum atomic E-state index is 12.8. The molecule has 17 heavy (non-hydrogen) atoms. The molecule has 1 aromatic rings. The normalized spacial score (nSPS) is 19.9. The van der Waals surface area contributed by atoms with Crippen molar-refractivity contribution in [2.24, 2.45) is 0 Å². The lowest BCUT2D eigenvalue weighted by Gasteiger charge is -2.21. The van der Waals surface area contributed by atoms with Crippen molar-refractivity contribution >= 4 is 11.7 Å². The highest BCUT2D eigenvalue weighted by Gasteiger charge is 2.17. The molecule has 2 rings (SSSR count). The van der Waals surface area contributed by atoms with Crippen molar-refractivity contribution < 1.29 is 13.9 Å². The highest BCUT2D eigenvalue weighted by atomic mass is 19.1. The van der Waals surface area contributed by atoms with Crippen LogP contribution in [0, 0.1) is 5.95 Å². The zero-order chi connectivity index (χ0) is 12.1. The average molecular weight is 238 g/mol. The van der Waals surface area contributed by atoms with Gasteiger partial charge in [-0.05, 0) is 31.4 Å². The number of anilines is 1. The summed E-state index contributed by atoms with van der Waals surface area (Å²) in [6, 6.07) is 4.30. The van der Waals surface area contributed by atoms with Gasteiger partial charge in [0.15, 0.2) is 0 Å². The Hall–Kier alpha value is -1.49. The third kappa shape index (κ3) is 3.78. The van der Waals surface area contributed by atoms with E-state index in [9.17, 15) is 9.18 Å². The van der Waals surface area contributed by atoms with Gasteiger partial charge in [0, 0.05) is 6.61 Å². The summed E-state index contributed by atoms with van der Waals surface area (Å²) in [6.07, 6.45) is 3.35. The molecule has 1 saturated heterocycles. The van der Waals surface area contributed by atoms with Crippen LogP contribution in [0.2, 0.25) is 0 Å². The van der Waals surface area contributed by atoms with Gasteiger partial charge in [-0.25, -0.2) is 4.98 Å². The molecule has 0 aliphatic carbocycles. The Kier molecular flexibility index (Phi) is 4.03. The van der Waals surface area contributed by atoms with E-state index in [0.29, 0.717) is 6.42 Å². The molecule has 92 valence electrons. The van der Waals surface area contributed by atoms with Gasteiger partial charge in [-0.15, -0.1) is 0 Å². The Morgan fingerprint density at radius 3 is 3.12 bits per heavy atom. The van der Waals surface area contributed by atoms with E-state index in [2.05, 4.69) is 10.3 Å². The van der Waals surface area contributed by atoms with Crippen LogP contribution in [0.3, 0.4) is 0 Å². The molecule has 1 aliphatic heterocycles. The van der Waals surface area contributed by atoms with Gasteiger partial charge in [-0.1, -0.05) is 6.07 Å². The third-order valence-electron chi connectivity index (χ3n) is 2.67. The smallest absolute Gasteiger partial charge is 0.228 e. The SMILES string of the molecule is O=C(CC1CCCCO1)Nc1cccc(F)n1. The van der Waals surface area contributed by atoms with Gasteiger partial charge < -0.3 is 10.1 Å². The lowest BCUT2D eigenvalue weighted by molar-refractivity contribution is -0.119. The van der Waals surface area contributed by atoms with Crippen LogP contribution in [0.15, 0.2) is 18.2 Å². The van der Waals surface area contributed by atoms with Crippen LogP contribution in [0.1, 0.15) is 25.7 Å². The zero-order valence-corrected chi connectivity index (χ0v) is 9.49. The van der Waals surface area contributed by atoms with Crippen molar-refractivity contribution in [3.63, 3.8) is 0 Å². The van der Waals surface area contributed by atoms with E-state index >= 15 is 0 Å². The molecule has 2 heterocycles. The van der Waals surface area contributed by atoms with Crippen molar-refractivity contribution in [3.8, 4) is 0 Å². The van der Waals surface area contributed by atoms with Crippen LogP contribution in [0.25, 0.3) is 0 Å². The predicted molar refractivity (Wildman–Crippen MR) is 61.0 cm³/mol. The second-order valence-electron chi connectivity index (χ2n) is 4.09. The quantitative estimate of drug-likeness (QED) is 0.820. The highest BCUT2D eigenvalue weighted by molar-refractivity contribution is 5.90. The number of rotatable bonds is 3. The standard InChI is InChI=1S/C12H15FN2O2/c13-10-5-3-6-11(14-10)15-12(16)8-9-4-1-2-7-17-9/h3,5-6,9H,1-2,4,7-8H2,(H,14,15,16). The summed E-state index contributed by atoms with van der Waals surface area (Å²) in [5.74, 6) is -0.544. The first-order valence-corrected chi connectivity index (χ1v) is 5.78. The van der Waals surface area contributed by atoms with Crippen LogP contribution in [0.4, 0.5) is 10.2 Å². The summed E-state index contributed by atoms with van der Waals surface area (Å²) < 4.78 is 18.2. The second-order valence-corrected chi connectivity index (χ2v) is 4.09. The van der Waals surface area contributed by atoms with E-state index in [1.54, 1.807) is 6.07 Å². The summed E-state index contributed by atoms with van der Waals surface area (Å²) in [6.45, 7) is 0.718. The minimum absolute atomic E-state index is 0.0164. The Balaban J connectivity index is 1.84. The molecule has 4 nitrogen and oxygen atoms in total. The van der Waals surface area contributed by atoms with Gasteiger partial charge in [0.05, 0.1) is 12.5 Å². The first kappa shape index (κ1) is 12.0. The molecule has 0 aromatic carbocycles. The number of hydrogen-bond acceptors (Lipinski definition) is 3. The Labute approximate surface area is 99.2 Å². The minimum atomic E-state index is -0.600. The van der Waals surface area contributed by atoms with Gasteiger partial charge in [-0.3, -0.25) is 4.79 Å². The first-order chi connectivity index (χ1) is 8.24. The molecule has 1 amide bonds. The summed E-state index contributed by atoms with van der Waals surface area (Å²) in [5, 5.41) is 2.56. The van der Waals surface area contributed by atoms with Crippen molar-refractivity contribution in [3.05, 3.63) is 24.1 Å². The summed E-state index contributed by atoms with van der Waals surface area (Å²) in [7, 11) is 0. The van der Waals surface area contributed by atoms with Crippen molar-refractivity contribution in [2.75, 3.05) is 11.9 Å². The average Bonchev–Trinajstić information content (AvgIpc) is 2.30. The lowest BCUT2D eigenvalue weighted by Crippen LogP contribution is -2.25. The van der Waals surface area contributed by atoms with Gasteiger partial charge in [0.1, 0.15) is 5.82 Å². The fourth-order valence-electron chi connectivity index (χ4n) is 1.85. The number of aromatic nitrogens is 1. The van der Waals surface area contributed by atoms with Crippen LogP contribution < -0.4 is 5.32 Å². The largest absolute Gasteiger partial charge is 0.378 e. The van der Waals surface area contributed by atoms with Crippen molar-refractivity contribution in [1.29, 1.82) is 0 Å².